The van der Waals surface area contributed by atoms with E-state index in [0.29, 0.717) is 0 Å². The number of carbonyl (C=O) groups excluding carboxylic acids is 1. The monoisotopic (exact) mass is 220 g/mol. The van der Waals surface area contributed by atoms with E-state index in [0.717, 1.165) is 12.0 Å². The van der Waals surface area contributed by atoms with Gasteiger partial charge >= 0.3 is 0 Å². The Morgan fingerprint density at radius 1 is 1.38 bits per heavy atom. The normalized spacial score (nSPS) is 12.8. The van der Waals surface area contributed by atoms with E-state index < -0.39 is 0 Å². The zero-order chi connectivity index (χ0) is 12.1. The number of methoxy groups -OCH3 is 1. The minimum Gasteiger partial charge on any atom is -0.373 e. The standard InChI is InChI=1S/C14H20O2/c1-5-11-7-6-8-12(9-11)13(15)14(16-4)10(2)3/h6-10,14H,5H2,1-4H3. The molecule has 2 nitrogen and oxygen atoms in total. The molecule has 0 aliphatic carbocycles. The van der Waals surface area contributed by atoms with E-state index in [4.69, 9.17) is 4.74 Å². The van der Waals surface area contributed by atoms with Gasteiger partial charge in [0.25, 0.3) is 0 Å². The molecule has 0 aliphatic rings. The molecule has 0 N–H and O–H groups in total. The highest BCUT2D eigenvalue weighted by Gasteiger charge is 2.22. The Balaban J connectivity index is 2.94. The lowest BCUT2D eigenvalue weighted by Crippen LogP contribution is -2.28. The summed E-state index contributed by atoms with van der Waals surface area (Å²) in [7, 11) is 1.59. The third-order valence-corrected chi connectivity index (χ3v) is 2.74. The topological polar surface area (TPSA) is 26.3 Å². The molecule has 0 fully saturated rings. The molecule has 0 aliphatic heterocycles. The van der Waals surface area contributed by atoms with E-state index >= 15 is 0 Å². The Labute approximate surface area is 97.6 Å². The number of ether oxygens (including phenoxy) is 1. The fourth-order valence-corrected chi connectivity index (χ4v) is 1.79. The number of aryl methyl sites for hydroxylation is 1. The quantitative estimate of drug-likeness (QED) is 0.713. The van der Waals surface area contributed by atoms with Crippen molar-refractivity contribution < 1.29 is 9.53 Å². The van der Waals surface area contributed by atoms with Crippen LogP contribution in [-0.4, -0.2) is 19.0 Å². The van der Waals surface area contributed by atoms with Gasteiger partial charge in [-0.3, -0.25) is 4.79 Å². The van der Waals surface area contributed by atoms with Crippen LogP contribution in [-0.2, 0) is 11.2 Å². The van der Waals surface area contributed by atoms with Crippen molar-refractivity contribution in [2.75, 3.05) is 7.11 Å². The minimum absolute atomic E-state index is 0.0767. The lowest BCUT2D eigenvalue weighted by Gasteiger charge is -2.18. The first-order valence-electron chi connectivity index (χ1n) is 5.76. The smallest absolute Gasteiger partial charge is 0.191 e. The molecule has 0 saturated carbocycles. The maximum Gasteiger partial charge on any atom is 0.191 e. The second kappa shape index (κ2) is 5.80. The lowest BCUT2D eigenvalue weighted by molar-refractivity contribution is 0.0458. The fraction of sp³-hybridized carbons (Fsp3) is 0.500. The van der Waals surface area contributed by atoms with E-state index in [1.54, 1.807) is 7.11 Å². The molecule has 1 aromatic rings. The van der Waals surface area contributed by atoms with Crippen LogP contribution in [0, 0.1) is 5.92 Å². The summed E-state index contributed by atoms with van der Waals surface area (Å²) in [6.45, 7) is 6.07. The van der Waals surface area contributed by atoms with Crippen molar-refractivity contribution in [3.8, 4) is 0 Å². The predicted octanol–water partition coefficient (Wildman–Crippen LogP) is 3.10. The zero-order valence-electron chi connectivity index (χ0n) is 10.5. The van der Waals surface area contributed by atoms with E-state index in [1.807, 2.05) is 38.1 Å². The van der Waals surface area contributed by atoms with Gasteiger partial charge in [0.05, 0.1) is 0 Å². The molecule has 0 saturated heterocycles. The van der Waals surface area contributed by atoms with Crippen molar-refractivity contribution >= 4 is 5.78 Å². The zero-order valence-corrected chi connectivity index (χ0v) is 10.5. The number of benzene rings is 1. The minimum atomic E-state index is -0.341. The summed E-state index contributed by atoms with van der Waals surface area (Å²) < 4.78 is 5.25. The SMILES string of the molecule is CCc1cccc(C(=O)C(OC)C(C)C)c1. The largest absolute Gasteiger partial charge is 0.373 e. The van der Waals surface area contributed by atoms with Crippen LogP contribution >= 0.6 is 0 Å². The van der Waals surface area contributed by atoms with Crippen molar-refractivity contribution in [3.05, 3.63) is 35.4 Å². The molecule has 1 rings (SSSR count). The van der Waals surface area contributed by atoms with Crippen LogP contribution in [0.2, 0.25) is 0 Å². The second-order valence-electron chi connectivity index (χ2n) is 4.32. The van der Waals surface area contributed by atoms with E-state index in [-0.39, 0.29) is 17.8 Å². The molecule has 0 aromatic heterocycles. The first kappa shape index (κ1) is 12.9. The molecule has 0 heterocycles. The van der Waals surface area contributed by atoms with Crippen LogP contribution in [0.5, 0.6) is 0 Å². The van der Waals surface area contributed by atoms with Crippen LogP contribution in [0.15, 0.2) is 24.3 Å². The second-order valence-corrected chi connectivity index (χ2v) is 4.32. The van der Waals surface area contributed by atoms with Gasteiger partial charge in [-0.1, -0.05) is 39.0 Å². The molecular formula is C14H20O2. The first-order chi connectivity index (χ1) is 7.60. The molecule has 2 heteroatoms. The molecule has 0 radical (unpaired) electrons. The highest BCUT2D eigenvalue weighted by atomic mass is 16.5. The van der Waals surface area contributed by atoms with E-state index in [9.17, 15) is 4.79 Å². The van der Waals surface area contributed by atoms with Gasteiger partial charge < -0.3 is 4.74 Å². The van der Waals surface area contributed by atoms with Crippen LogP contribution in [0.4, 0.5) is 0 Å². The number of hydrogen-bond acceptors (Lipinski definition) is 2. The molecule has 1 atom stereocenters. The maximum atomic E-state index is 12.2. The molecule has 0 bridgehead atoms. The first-order valence-corrected chi connectivity index (χ1v) is 5.76. The third-order valence-electron chi connectivity index (χ3n) is 2.74. The van der Waals surface area contributed by atoms with Gasteiger partial charge in [0.1, 0.15) is 6.10 Å². The summed E-state index contributed by atoms with van der Waals surface area (Å²) >= 11 is 0. The summed E-state index contributed by atoms with van der Waals surface area (Å²) in [6, 6.07) is 7.78. The van der Waals surface area contributed by atoms with Crippen molar-refractivity contribution in [1.82, 2.24) is 0 Å². The van der Waals surface area contributed by atoms with Gasteiger partial charge in [-0.25, -0.2) is 0 Å². The van der Waals surface area contributed by atoms with Gasteiger partial charge in [-0.2, -0.15) is 0 Å². The molecule has 1 aromatic carbocycles. The Morgan fingerprint density at radius 2 is 2.06 bits per heavy atom. The average Bonchev–Trinajstić information content (AvgIpc) is 2.29. The Kier molecular flexibility index (Phi) is 4.69. The predicted molar refractivity (Wildman–Crippen MR) is 65.8 cm³/mol. The van der Waals surface area contributed by atoms with Crippen molar-refractivity contribution in [2.24, 2.45) is 5.92 Å². The molecule has 88 valence electrons. The van der Waals surface area contributed by atoms with E-state index in [2.05, 4.69) is 6.92 Å². The number of rotatable bonds is 5. The van der Waals surface area contributed by atoms with Crippen LogP contribution in [0.1, 0.15) is 36.7 Å². The number of Topliss-reactive ketones (excluding diaryl/α,β-unsaturated/α-hetero) is 1. The highest BCUT2D eigenvalue weighted by Crippen LogP contribution is 2.15. The number of carbonyl (C=O) groups is 1. The average molecular weight is 220 g/mol. The number of hydrogen-bond donors (Lipinski definition) is 0. The van der Waals surface area contributed by atoms with E-state index in [1.165, 1.54) is 5.56 Å². The highest BCUT2D eigenvalue weighted by molar-refractivity contribution is 5.99. The van der Waals surface area contributed by atoms with Crippen LogP contribution in [0.3, 0.4) is 0 Å². The lowest BCUT2D eigenvalue weighted by atomic mass is 9.96. The molecule has 0 spiro atoms. The van der Waals surface area contributed by atoms with Gasteiger partial charge in [0.2, 0.25) is 0 Å². The van der Waals surface area contributed by atoms with Gasteiger partial charge in [-0.05, 0) is 24.0 Å². The summed E-state index contributed by atoms with van der Waals surface area (Å²) in [5.41, 5.74) is 1.93. The van der Waals surface area contributed by atoms with Crippen molar-refractivity contribution in [1.29, 1.82) is 0 Å². The summed E-state index contributed by atoms with van der Waals surface area (Å²) in [4.78, 5) is 12.2. The maximum absolute atomic E-state index is 12.2. The Morgan fingerprint density at radius 3 is 2.56 bits per heavy atom. The van der Waals surface area contributed by atoms with Gasteiger partial charge in [0.15, 0.2) is 5.78 Å². The third kappa shape index (κ3) is 2.92. The van der Waals surface area contributed by atoms with Crippen LogP contribution in [0.25, 0.3) is 0 Å². The molecule has 16 heavy (non-hydrogen) atoms. The van der Waals surface area contributed by atoms with Gasteiger partial charge in [0, 0.05) is 12.7 Å². The summed E-state index contributed by atoms with van der Waals surface area (Å²) in [5.74, 6) is 0.274. The van der Waals surface area contributed by atoms with Crippen molar-refractivity contribution in [2.45, 2.75) is 33.3 Å². The summed E-state index contributed by atoms with van der Waals surface area (Å²) in [6.07, 6.45) is 0.604. The number of ketones is 1. The fourth-order valence-electron chi connectivity index (χ4n) is 1.79. The van der Waals surface area contributed by atoms with Crippen LogP contribution < -0.4 is 0 Å². The Bertz CT molecular complexity index is 356. The molecular weight excluding hydrogens is 200 g/mol. The van der Waals surface area contributed by atoms with Crippen molar-refractivity contribution in [3.63, 3.8) is 0 Å². The van der Waals surface area contributed by atoms with Gasteiger partial charge in [-0.15, -0.1) is 0 Å². The Hall–Kier alpha value is -1.15. The molecule has 0 amide bonds. The molecule has 1 unspecified atom stereocenters. The summed E-state index contributed by atoms with van der Waals surface area (Å²) in [5, 5.41) is 0.